The number of hydrogen-bond acceptors (Lipinski definition) is 3. The molecular weight excluding hydrogens is 250 g/mol. The van der Waals surface area contributed by atoms with Crippen molar-refractivity contribution in [2.75, 3.05) is 20.7 Å². The van der Waals surface area contributed by atoms with Gasteiger partial charge in [-0.2, -0.15) is 0 Å². The highest BCUT2D eigenvalue weighted by atomic mass is 16.5. The minimum atomic E-state index is 0.00954. The summed E-state index contributed by atoms with van der Waals surface area (Å²) in [6, 6.07) is 18.2. The van der Waals surface area contributed by atoms with Crippen LogP contribution in [0.15, 0.2) is 54.6 Å². The van der Waals surface area contributed by atoms with Gasteiger partial charge in [0.1, 0.15) is 5.75 Å². The molecule has 20 heavy (non-hydrogen) atoms. The van der Waals surface area contributed by atoms with Crippen molar-refractivity contribution in [3.63, 3.8) is 0 Å². The summed E-state index contributed by atoms with van der Waals surface area (Å²) >= 11 is 0. The van der Waals surface area contributed by atoms with E-state index in [0.29, 0.717) is 6.61 Å². The Kier molecular flexibility index (Phi) is 5.59. The van der Waals surface area contributed by atoms with Crippen LogP contribution in [-0.2, 0) is 11.3 Å². The fourth-order valence-corrected chi connectivity index (χ4v) is 2.07. The monoisotopic (exact) mass is 271 g/mol. The van der Waals surface area contributed by atoms with Crippen LogP contribution < -0.4 is 10.1 Å². The van der Waals surface area contributed by atoms with E-state index in [4.69, 9.17) is 9.47 Å². The maximum atomic E-state index is 6.04. The predicted octanol–water partition coefficient (Wildman–Crippen LogP) is 3.17. The van der Waals surface area contributed by atoms with Crippen LogP contribution in [0.3, 0.4) is 0 Å². The van der Waals surface area contributed by atoms with Crippen molar-refractivity contribution in [1.29, 1.82) is 0 Å². The highest BCUT2D eigenvalue weighted by molar-refractivity contribution is 5.30. The predicted molar refractivity (Wildman–Crippen MR) is 80.9 cm³/mol. The van der Waals surface area contributed by atoms with Gasteiger partial charge < -0.3 is 14.8 Å². The topological polar surface area (TPSA) is 30.5 Å². The van der Waals surface area contributed by atoms with Gasteiger partial charge in [0, 0.05) is 6.54 Å². The minimum Gasteiger partial charge on any atom is -0.497 e. The minimum absolute atomic E-state index is 0.00954. The molecule has 2 aromatic carbocycles. The molecule has 1 N–H and O–H groups in total. The van der Waals surface area contributed by atoms with Crippen LogP contribution in [0.4, 0.5) is 0 Å². The molecule has 0 fully saturated rings. The molecule has 0 heterocycles. The fraction of sp³-hybridized carbons (Fsp3) is 0.294. The van der Waals surface area contributed by atoms with E-state index < -0.39 is 0 Å². The lowest BCUT2D eigenvalue weighted by Crippen LogP contribution is -2.19. The number of ether oxygens (including phenoxy) is 2. The summed E-state index contributed by atoms with van der Waals surface area (Å²) in [5, 5.41) is 3.17. The summed E-state index contributed by atoms with van der Waals surface area (Å²) in [4.78, 5) is 0. The molecule has 0 saturated heterocycles. The van der Waals surface area contributed by atoms with Crippen molar-refractivity contribution in [3.05, 3.63) is 65.7 Å². The molecule has 1 atom stereocenters. The molecule has 3 heteroatoms. The molecule has 0 saturated carbocycles. The number of methoxy groups -OCH3 is 1. The van der Waals surface area contributed by atoms with Crippen molar-refractivity contribution >= 4 is 0 Å². The van der Waals surface area contributed by atoms with E-state index in [0.717, 1.165) is 17.9 Å². The Morgan fingerprint density at radius 2 is 1.85 bits per heavy atom. The van der Waals surface area contributed by atoms with E-state index in [9.17, 15) is 0 Å². The first-order chi connectivity index (χ1) is 9.83. The van der Waals surface area contributed by atoms with Crippen molar-refractivity contribution in [2.24, 2.45) is 0 Å². The first-order valence-corrected chi connectivity index (χ1v) is 6.77. The summed E-state index contributed by atoms with van der Waals surface area (Å²) in [6.45, 7) is 1.37. The summed E-state index contributed by atoms with van der Waals surface area (Å²) in [5.41, 5.74) is 2.30. The smallest absolute Gasteiger partial charge is 0.119 e. The first-order valence-electron chi connectivity index (χ1n) is 6.77. The Labute approximate surface area is 120 Å². The Morgan fingerprint density at radius 3 is 2.55 bits per heavy atom. The second-order valence-corrected chi connectivity index (χ2v) is 4.62. The number of nitrogens with one attached hydrogen (secondary N) is 1. The summed E-state index contributed by atoms with van der Waals surface area (Å²) in [7, 11) is 3.61. The molecule has 0 aliphatic carbocycles. The van der Waals surface area contributed by atoms with Gasteiger partial charge in [-0.1, -0.05) is 42.5 Å². The summed E-state index contributed by atoms with van der Waals surface area (Å²) in [5.74, 6) is 0.854. The maximum absolute atomic E-state index is 6.04. The molecule has 3 nitrogen and oxygen atoms in total. The molecule has 0 amide bonds. The Morgan fingerprint density at radius 1 is 1.05 bits per heavy atom. The normalized spacial score (nSPS) is 12.1. The Hall–Kier alpha value is -1.84. The van der Waals surface area contributed by atoms with Gasteiger partial charge in [0.15, 0.2) is 0 Å². The average molecular weight is 271 g/mol. The van der Waals surface area contributed by atoms with Crippen molar-refractivity contribution in [3.8, 4) is 5.75 Å². The second kappa shape index (κ2) is 7.68. The molecule has 0 spiro atoms. The van der Waals surface area contributed by atoms with Crippen molar-refractivity contribution < 1.29 is 9.47 Å². The number of likely N-dealkylation sites (N-methyl/N-ethyl adjacent to an activating group) is 1. The molecule has 0 aliphatic rings. The molecule has 0 aliphatic heterocycles. The third kappa shape index (κ3) is 4.08. The molecule has 0 bridgehead atoms. The third-order valence-electron chi connectivity index (χ3n) is 3.15. The Balaban J connectivity index is 2.06. The zero-order valence-electron chi connectivity index (χ0n) is 12.0. The van der Waals surface area contributed by atoms with Gasteiger partial charge in [0.25, 0.3) is 0 Å². The lowest BCUT2D eigenvalue weighted by Gasteiger charge is -2.18. The lowest BCUT2D eigenvalue weighted by atomic mass is 10.1. The van der Waals surface area contributed by atoms with E-state index in [2.05, 4.69) is 23.5 Å². The summed E-state index contributed by atoms with van der Waals surface area (Å²) < 4.78 is 11.3. The number of hydrogen-bond donors (Lipinski definition) is 1. The summed E-state index contributed by atoms with van der Waals surface area (Å²) in [6.07, 6.45) is 0.00954. The van der Waals surface area contributed by atoms with Crippen LogP contribution >= 0.6 is 0 Å². The van der Waals surface area contributed by atoms with E-state index in [1.165, 1.54) is 5.56 Å². The van der Waals surface area contributed by atoms with Crippen LogP contribution in [0.2, 0.25) is 0 Å². The van der Waals surface area contributed by atoms with Crippen molar-refractivity contribution in [2.45, 2.75) is 12.7 Å². The van der Waals surface area contributed by atoms with Gasteiger partial charge in [-0.05, 0) is 30.3 Å². The van der Waals surface area contributed by atoms with Gasteiger partial charge in [-0.15, -0.1) is 0 Å². The zero-order chi connectivity index (χ0) is 14.2. The van der Waals surface area contributed by atoms with Gasteiger partial charge in [0.05, 0.1) is 19.8 Å². The maximum Gasteiger partial charge on any atom is 0.119 e. The third-order valence-corrected chi connectivity index (χ3v) is 3.15. The van der Waals surface area contributed by atoms with E-state index in [1.807, 2.05) is 43.4 Å². The highest BCUT2D eigenvalue weighted by Gasteiger charge is 2.12. The van der Waals surface area contributed by atoms with Gasteiger partial charge in [0.2, 0.25) is 0 Å². The van der Waals surface area contributed by atoms with Crippen LogP contribution in [0.5, 0.6) is 5.75 Å². The molecule has 106 valence electrons. The van der Waals surface area contributed by atoms with Gasteiger partial charge >= 0.3 is 0 Å². The molecule has 2 aromatic rings. The SMILES string of the molecule is CNCC(OCc1ccccc1)c1cccc(OC)c1. The number of rotatable bonds is 7. The van der Waals surface area contributed by atoms with Crippen LogP contribution in [0, 0.1) is 0 Å². The van der Waals surface area contributed by atoms with Crippen LogP contribution in [0.1, 0.15) is 17.2 Å². The van der Waals surface area contributed by atoms with Crippen LogP contribution in [0.25, 0.3) is 0 Å². The van der Waals surface area contributed by atoms with Crippen LogP contribution in [-0.4, -0.2) is 20.7 Å². The van der Waals surface area contributed by atoms with Gasteiger partial charge in [-0.3, -0.25) is 0 Å². The molecule has 1 unspecified atom stereocenters. The standard InChI is InChI=1S/C17H21NO2/c1-18-12-17(15-9-6-10-16(11-15)19-2)20-13-14-7-4-3-5-8-14/h3-11,17-18H,12-13H2,1-2H3. The molecule has 0 aromatic heterocycles. The molecule has 2 rings (SSSR count). The number of benzene rings is 2. The van der Waals surface area contributed by atoms with Crippen molar-refractivity contribution in [1.82, 2.24) is 5.32 Å². The lowest BCUT2D eigenvalue weighted by molar-refractivity contribution is 0.0409. The zero-order valence-corrected chi connectivity index (χ0v) is 12.0. The van der Waals surface area contributed by atoms with E-state index in [-0.39, 0.29) is 6.10 Å². The molecular formula is C17H21NO2. The Bertz CT molecular complexity index is 513. The van der Waals surface area contributed by atoms with E-state index >= 15 is 0 Å². The van der Waals surface area contributed by atoms with Gasteiger partial charge in [-0.25, -0.2) is 0 Å². The van der Waals surface area contributed by atoms with E-state index in [1.54, 1.807) is 7.11 Å². The quantitative estimate of drug-likeness (QED) is 0.839. The second-order valence-electron chi connectivity index (χ2n) is 4.62. The highest BCUT2D eigenvalue weighted by Crippen LogP contribution is 2.22. The first kappa shape index (κ1) is 14.6. The molecule has 0 radical (unpaired) electrons. The largest absolute Gasteiger partial charge is 0.497 e. The average Bonchev–Trinajstić information content (AvgIpc) is 2.52. The fourth-order valence-electron chi connectivity index (χ4n) is 2.07.